The fourth-order valence-electron chi connectivity index (χ4n) is 0.393. The average molecular weight is 171 g/mol. The molecule has 0 aliphatic rings. The SMILES string of the molecule is CC.CCNC(=O)C#CCOC. The Morgan fingerprint density at radius 3 is 2.50 bits per heavy atom. The number of methoxy groups -OCH3 is 1. The summed E-state index contributed by atoms with van der Waals surface area (Å²) in [5.41, 5.74) is 0. The van der Waals surface area contributed by atoms with Gasteiger partial charge in [0.05, 0.1) is 0 Å². The molecule has 0 fully saturated rings. The number of carbonyl (C=O) groups is 1. The van der Waals surface area contributed by atoms with Crippen molar-refractivity contribution in [2.75, 3.05) is 20.3 Å². The molecule has 1 N–H and O–H groups in total. The number of rotatable bonds is 2. The van der Waals surface area contributed by atoms with Gasteiger partial charge in [0.1, 0.15) is 6.61 Å². The van der Waals surface area contributed by atoms with Crippen LogP contribution in [0.1, 0.15) is 20.8 Å². The molecule has 0 saturated heterocycles. The van der Waals surface area contributed by atoms with Crippen LogP contribution >= 0.6 is 0 Å². The fraction of sp³-hybridized carbons (Fsp3) is 0.667. The Labute approximate surface area is 74.5 Å². The van der Waals surface area contributed by atoms with Crippen LogP contribution in [0.15, 0.2) is 0 Å². The molecule has 0 bridgehead atoms. The largest absolute Gasteiger partial charge is 0.372 e. The van der Waals surface area contributed by atoms with Crippen molar-refractivity contribution < 1.29 is 9.53 Å². The van der Waals surface area contributed by atoms with E-state index in [1.165, 1.54) is 7.11 Å². The first-order valence-electron chi connectivity index (χ1n) is 4.07. The van der Waals surface area contributed by atoms with Crippen LogP contribution < -0.4 is 5.32 Å². The van der Waals surface area contributed by atoms with Gasteiger partial charge in [0.25, 0.3) is 5.91 Å². The third kappa shape index (κ3) is 11.7. The zero-order valence-corrected chi connectivity index (χ0v) is 8.23. The summed E-state index contributed by atoms with van der Waals surface area (Å²) in [7, 11) is 1.53. The van der Waals surface area contributed by atoms with E-state index < -0.39 is 0 Å². The molecule has 0 heterocycles. The lowest BCUT2D eigenvalue weighted by atomic mass is 10.5. The molecule has 0 radical (unpaired) electrons. The Bertz CT molecular complexity index is 156. The summed E-state index contributed by atoms with van der Waals surface area (Å²) in [5.74, 6) is 4.64. The molecule has 0 aromatic heterocycles. The summed E-state index contributed by atoms with van der Waals surface area (Å²) >= 11 is 0. The maximum absolute atomic E-state index is 10.6. The number of carbonyl (C=O) groups excluding carboxylic acids is 1. The molecule has 0 unspecified atom stereocenters. The van der Waals surface area contributed by atoms with E-state index in [2.05, 4.69) is 21.9 Å². The minimum atomic E-state index is -0.250. The van der Waals surface area contributed by atoms with Crippen LogP contribution in [0, 0.1) is 11.8 Å². The summed E-state index contributed by atoms with van der Waals surface area (Å²) in [6.07, 6.45) is 0. The Morgan fingerprint density at radius 2 is 2.08 bits per heavy atom. The van der Waals surface area contributed by atoms with Gasteiger partial charge in [-0.25, -0.2) is 0 Å². The van der Waals surface area contributed by atoms with Gasteiger partial charge in [-0.3, -0.25) is 4.79 Å². The molecular formula is C9H17NO2. The summed E-state index contributed by atoms with van der Waals surface area (Å²) in [6.45, 7) is 6.76. The topological polar surface area (TPSA) is 38.3 Å². The molecule has 0 aliphatic carbocycles. The maximum atomic E-state index is 10.6. The molecule has 0 aromatic rings. The summed E-state index contributed by atoms with van der Waals surface area (Å²) in [6, 6.07) is 0. The molecule has 3 nitrogen and oxygen atoms in total. The third-order valence-corrected chi connectivity index (χ3v) is 0.756. The zero-order valence-electron chi connectivity index (χ0n) is 8.23. The van der Waals surface area contributed by atoms with Crippen molar-refractivity contribution in [3.63, 3.8) is 0 Å². The van der Waals surface area contributed by atoms with Gasteiger partial charge in [-0.15, -0.1) is 0 Å². The summed E-state index contributed by atoms with van der Waals surface area (Å²) < 4.78 is 4.62. The van der Waals surface area contributed by atoms with Gasteiger partial charge < -0.3 is 10.1 Å². The second-order valence-corrected chi connectivity index (χ2v) is 1.59. The molecule has 12 heavy (non-hydrogen) atoms. The first-order chi connectivity index (χ1) is 5.81. The van der Waals surface area contributed by atoms with Gasteiger partial charge in [-0.05, 0) is 12.8 Å². The van der Waals surface area contributed by atoms with E-state index in [0.29, 0.717) is 13.2 Å². The van der Waals surface area contributed by atoms with Gasteiger partial charge in [0.15, 0.2) is 0 Å². The molecule has 0 aliphatic heterocycles. The van der Waals surface area contributed by atoms with Crippen molar-refractivity contribution in [3.8, 4) is 11.8 Å². The van der Waals surface area contributed by atoms with Crippen molar-refractivity contribution in [1.29, 1.82) is 0 Å². The van der Waals surface area contributed by atoms with Crippen LogP contribution in [0.25, 0.3) is 0 Å². The van der Waals surface area contributed by atoms with Crippen LogP contribution in [0.2, 0.25) is 0 Å². The monoisotopic (exact) mass is 171 g/mol. The van der Waals surface area contributed by atoms with Gasteiger partial charge >= 0.3 is 0 Å². The minimum Gasteiger partial charge on any atom is -0.372 e. The Balaban J connectivity index is 0. The molecule has 0 saturated carbocycles. The standard InChI is InChI=1S/C7H11NO2.C2H6/c1-3-8-7(9)5-4-6-10-2;1-2/h3,6H2,1-2H3,(H,8,9);1-2H3. The molecule has 0 spiro atoms. The lowest BCUT2D eigenvalue weighted by molar-refractivity contribution is -0.115. The van der Waals surface area contributed by atoms with Crippen LogP contribution in [0.5, 0.6) is 0 Å². The van der Waals surface area contributed by atoms with Gasteiger partial charge in [0.2, 0.25) is 0 Å². The predicted octanol–water partition coefficient (Wildman–Crippen LogP) is 0.798. The predicted molar refractivity (Wildman–Crippen MR) is 49.7 cm³/mol. The number of amides is 1. The highest BCUT2D eigenvalue weighted by atomic mass is 16.5. The van der Waals surface area contributed by atoms with Crippen LogP contribution in [-0.2, 0) is 9.53 Å². The van der Waals surface area contributed by atoms with E-state index in [9.17, 15) is 4.79 Å². The number of ether oxygens (including phenoxy) is 1. The minimum absolute atomic E-state index is 0.250. The maximum Gasteiger partial charge on any atom is 0.295 e. The first kappa shape index (κ1) is 13.6. The van der Waals surface area contributed by atoms with Crippen molar-refractivity contribution in [3.05, 3.63) is 0 Å². The molecule has 0 atom stereocenters. The highest BCUT2D eigenvalue weighted by Crippen LogP contribution is 1.63. The first-order valence-corrected chi connectivity index (χ1v) is 4.07. The molecule has 0 rings (SSSR count). The normalized spacial score (nSPS) is 7.00. The Hall–Kier alpha value is -1.01. The van der Waals surface area contributed by atoms with Crippen molar-refractivity contribution in [2.24, 2.45) is 0 Å². The molecule has 3 heteroatoms. The number of hydrogen-bond donors (Lipinski definition) is 1. The van der Waals surface area contributed by atoms with E-state index >= 15 is 0 Å². The molecule has 70 valence electrons. The number of hydrogen-bond acceptors (Lipinski definition) is 2. The van der Waals surface area contributed by atoms with Crippen molar-refractivity contribution in [2.45, 2.75) is 20.8 Å². The fourth-order valence-corrected chi connectivity index (χ4v) is 0.393. The quantitative estimate of drug-likeness (QED) is 0.624. The van der Waals surface area contributed by atoms with E-state index in [-0.39, 0.29) is 5.91 Å². The molecule has 1 amide bonds. The van der Waals surface area contributed by atoms with Gasteiger partial charge in [-0.2, -0.15) is 0 Å². The third-order valence-electron chi connectivity index (χ3n) is 0.756. The highest BCUT2D eigenvalue weighted by molar-refractivity contribution is 5.93. The molecule has 0 aromatic carbocycles. The van der Waals surface area contributed by atoms with Gasteiger partial charge in [-0.1, -0.05) is 19.8 Å². The Morgan fingerprint density at radius 1 is 1.50 bits per heavy atom. The second kappa shape index (κ2) is 12.6. The van der Waals surface area contributed by atoms with Crippen LogP contribution in [0.3, 0.4) is 0 Å². The summed E-state index contributed by atoms with van der Waals surface area (Å²) in [4.78, 5) is 10.6. The number of nitrogens with one attached hydrogen (secondary N) is 1. The van der Waals surface area contributed by atoms with E-state index in [4.69, 9.17) is 0 Å². The zero-order chi connectivity index (χ0) is 9.82. The van der Waals surface area contributed by atoms with E-state index in [0.717, 1.165) is 0 Å². The van der Waals surface area contributed by atoms with E-state index in [1.807, 2.05) is 20.8 Å². The summed E-state index contributed by atoms with van der Waals surface area (Å²) in [5, 5.41) is 2.54. The van der Waals surface area contributed by atoms with E-state index in [1.54, 1.807) is 0 Å². The van der Waals surface area contributed by atoms with Crippen LogP contribution in [0.4, 0.5) is 0 Å². The van der Waals surface area contributed by atoms with Crippen LogP contribution in [-0.4, -0.2) is 26.2 Å². The molecular weight excluding hydrogens is 154 g/mol. The Kier molecular flexibility index (Phi) is 14.3. The average Bonchev–Trinajstić information content (AvgIpc) is 2.09. The van der Waals surface area contributed by atoms with Gasteiger partial charge in [0, 0.05) is 13.7 Å². The second-order valence-electron chi connectivity index (χ2n) is 1.59. The lowest BCUT2D eigenvalue weighted by Crippen LogP contribution is -2.20. The highest BCUT2D eigenvalue weighted by Gasteiger charge is 1.87. The van der Waals surface area contributed by atoms with Crippen molar-refractivity contribution in [1.82, 2.24) is 5.32 Å². The smallest absolute Gasteiger partial charge is 0.295 e. The van der Waals surface area contributed by atoms with Crippen molar-refractivity contribution >= 4 is 5.91 Å². The lowest BCUT2D eigenvalue weighted by Gasteiger charge is -1.90.